The van der Waals surface area contributed by atoms with Crippen LogP contribution >= 0.6 is 11.3 Å². The molecule has 0 bridgehead atoms. The number of amides is 2. The van der Waals surface area contributed by atoms with E-state index in [9.17, 15) is 9.59 Å². The average molecular weight is 495 g/mol. The predicted molar refractivity (Wildman–Crippen MR) is 140 cm³/mol. The lowest BCUT2D eigenvalue weighted by Gasteiger charge is -2.36. The Labute approximate surface area is 209 Å². The van der Waals surface area contributed by atoms with E-state index in [0.29, 0.717) is 36.1 Å². The van der Waals surface area contributed by atoms with Crippen molar-refractivity contribution in [1.29, 1.82) is 0 Å². The van der Waals surface area contributed by atoms with Crippen LogP contribution in [0.5, 0.6) is 5.75 Å². The number of piperazine rings is 1. The summed E-state index contributed by atoms with van der Waals surface area (Å²) in [4.78, 5) is 29.8. The highest BCUT2D eigenvalue weighted by Gasteiger charge is 2.18. The normalized spacial score (nSPS) is 13.8. The number of thiophene rings is 1. The molecule has 2 aromatic carbocycles. The Morgan fingerprint density at radius 2 is 1.80 bits per heavy atom. The Morgan fingerprint density at radius 1 is 0.971 bits per heavy atom. The Hall–Kier alpha value is -3.56. The van der Waals surface area contributed by atoms with Gasteiger partial charge < -0.3 is 19.7 Å². The first-order valence-corrected chi connectivity index (χ1v) is 12.6. The van der Waals surface area contributed by atoms with Crippen molar-refractivity contribution < 1.29 is 19.1 Å². The maximum atomic E-state index is 12.3. The highest BCUT2D eigenvalue weighted by molar-refractivity contribution is 7.12. The van der Waals surface area contributed by atoms with Crippen LogP contribution in [0.4, 0.5) is 21.9 Å². The standard InChI is InChI=1S/C26H30N4O4S/c1-2-33-23-10-4-3-9-22(23)28-26(32)34-17-16-29-12-14-30(15-13-29)21-8-5-7-20(19-21)27-25(31)24-11-6-18-35-24/h3-11,18-19H,2,12-17H2,1H3,(H,27,31)(H,28,32). The van der Waals surface area contributed by atoms with Crippen molar-refractivity contribution in [2.75, 3.05) is 61.5 Å². The van der Waals surface area contributed by atoms with Gasteiger partial charge in [0.15, 0.2) is 0 Å². The number of hydrogen-bond donors (Lipinski definition) is 2. The summed E-state index contributed by atoms with van der Waals surface area (Å²) in [7, 11) is 0. The molecule has 1 aliphatic heterocycles. The van der Waals surface area contributed by atoms with E-state index in [0.717, 1.165) is 37.6 Å². The van der Waals surface area contributed by atoms with Crippen molar-refractivity contribution >= 4 is 40.4 Å². The lowest BCUT2D eigenvalue weighted by Crippen LogP contribution is -2.47. The number of benzene rings is 2. The molecule has 0 atom stereocenters. The van der Waals surface area contributed by atoms with E-state index in [-0.39, 0.29) is 5.91 Å². The average Bonchev–Trinajstić information content (AvgIpc) is 3.41. The number of nitrogens with zero attached hydrogens (tertiary/aromatic N) is 2. The van der Waals surface area contributed by atoms with E-state index in [2.05, 4.69) is 26.5 Å². The quantitative estimate of drug-likeness (QED) is 0.446. The van der Waals surface area contributed by atoms with Gasteiger partial charge in [0.05, 0.1) is 17.2 Å². The van der Waals surface area contributed by atoms with Gasteiger partial charge in [-0.05, 0) is 48.7 Å². The fourth-order valence-electron chi connectivity index (χ4n) is 3.88. The minimum absolute atomic E-state index is 0.0904. The van der Waals surface area contributed by atoms with Gasteiger partial charge in [0, 0.05) is 44.1 Å². The van der Waals surface area contributed by atoms with Gasteiger partial charge in [-0.15, -0.1) is 11.3 Å². The van der Waals surface area contributed by atoms with Gasteiger partial charge in [0.25, 0.3) is 5.91 Å². The number of carbonyl (C=O) groups is 2. The molecule has 1 saturated heterocycles. The van der Waals surface area contributed by atoms with Crippen LogP contribution in [0.15, 0.2) is 66.0 Å². The van der Waals surface area contributed by atoms with Gasteiger partial charge in [-0.25, -0.2) is 4.79 Å². The molecule has 0 unspecified atom stereocenters. The molecule has 0 spiro atoms. The monoisotopic (exact) mass is 494 g/mol. The highest BCUT2D eigenvalue weighted by atomic mass is 32.1. The van der Waals surface area contributed by atoms with Crippen molar-refractivity contribution in [3.63, 3.8) is 0 Å². The number of anilines is 3. The third-order valence-corrected chi connectivity index (χ3v) is 6.52. The van der Waals surface area contributed by atoms with Crippen LogP contribution < -0.4 is 20.3 Å². The summed E-state index contributed by atoms with van der Waals surface area (Å²) in [5.74, 6) is 0.533. The maximum Gasteiger partial charge on any atom is 0.411 e. The molecule has 184 valence electrons. The molecule has 1 aromatic heterocycles. The van der Waals surface area contributed by atoms with Gasteiger partial charge in [-0.1, -0.05) is 24.3 Å². The van der Waals surface area contributed by atoms with Gasteiger partial charge in [-0.2, -0.15) is 0 Å². The summed E-state index contributed by atoms with van der Waals surface area (Å²) < 4.78 is 10.9. The summed E-state index contributed by atoms with van der Waals surface area (Å²) in [5, 5.41) is 7.61. The molecule has 35 heavy (non-hydrogen) atoms. The first kappa shape index (κ1) is 24.6. The molecule has 8 nitrogen and oxygen atoms in total. The van der Waals surface area contributed by atoms with E-state index < -0.39 is 6.09 Å². The van der Waals surface area contributed by atoms with E-state index in [4.69, 9.17) is 9.47 Å². The summed E-state index contributed by atoms with van der Waals surface area (Å²) in [6, 6.07) is 18.9. The molecule has 0 aliphatic carbocycles. The Kier molecular flexibility index (Phi) is 8.58. The van der Waals surface area contributed by atoms with Crippen molar-refractivity contribution in [3.05, 3.63) is 70.9 Å². The van der Waals surface area contributed by atoms with Gasteiger partial charge >= 0.3 is 6.09 Å². The van der Waals surface area contributed by atoms with E-state index in [1.54, 1.807) is 6.07 Å². The molecule has 2 heterocycles. The molecular formula is C26H30N4O4S. The van der Waals surface area contributed by atoms with Crippen LogP contribution in [-0.2, 0) is 4.74 Å². The van der Waals surface area contributed by atoms with Crippen molar-refractivity contribution in [1.82, 2.24) is 4.90 Å². The maximum absolute atomic E-state index is 12.3. The molecule has 9 heteroatoms. The summed E-state index contributed by atoms with van der Waals surface area (Å²) in [5.41, 5.74) is 2.47. The minimum atomic E-state index is -0.489. The van der Waals surface area contributed by atoms with Crippen LogP contribution in [0.3, 0.4) is 0 Å². The third kappa shape index (κ3) is 6.97. The SMILES string of the molecule is CCOc1ccccc1NC(=O)OCCN1CCN(c2cccc(NC(=O)c3cccs3)c2)CC1. The third-order valence-electron chi connectivity index (χ3n) is 5.65. The molecule has 1 aliphatic rings. The van der Waals surface area contributed by atoms with Crippen molar-refractivity contribution in [2.24, 2.45) is 0 Å². The number of nitrogens with one attached hydrogen (secondary N) is 2. The second-order valence-electron chi connectivity index (χ2n) is 8.00. The van der Waals surface area contributed by atoms with Gasteiger partial charge in [-0.3, -0.25) is 15.0 Å². The zero-order chi connectivity index (χ0) is 24.5. The van der Waals surface area contributed by atoms with Gasteiger partial charge in [0.2, 0.25) is 0 Å². The molecule has 3 aromatic rings. The summed E-state index contributed by atoms with van der Waals surface area (Å²) >= 11 is 1.42. The number of carbonyl (C=O) groups excluding carboxylic acids is 2. The van der Waals surface area contributed by atoms with Crippen LogP contribution in [0.25, 0.3) is 0 Å². The minimum Gasteiger partial charge on any atom is -0.492 e. The first-order valence-electron chi connectivity index (χ1n) is 11.7. The van der Waals surface area contributed by atoms with E-state index in [1.807, 2.05) is 60.8 Å². The summed E-state index contributed by atoms with van der Waals surface area (Å²) in [6.45, 7) is 6.85. The molecule has 4 rings (SSSR count). The second-order valence-corrected chi connectivity index (χ2v) is 8.95. The Morgan fingerprint density at radius 3 is 2.57 bits per heavy atom. The fraction of sp³-hybridized carbons (Fsp3) is 0.308. The molecule has 1 fully saturated rings. The highest BCUT2D eigenvalue weighted by Crippen LogP contribution is 2.24. The van der Waals surface area contributed by atoms with Gasteiger partial charge in [0.1, 0.15) is 12.4 Å². The smallest absolute Gasteiger partial charge is 0.411 e. The number of ether oxygens (including phenoxy) is 2. The fourth-order valence-corrected chi connectivity index (χ4v) is 4.49. The molecule has 0 radical (unpaired) electrons. The predicted octanol–water partition coefficient (Wildman–Crippen LogP) is 4.77. The number of hydrogen-bond acceptors (Lipinski definition) is 7. The lowest BCUT2D eigenvalue weighted by atomic mass is 10.2. The number of para-hydroxylation sites is 2. The summed E-state index contributed by atoms with van der Waals surface area (Å²) in [6.07, 6.45) is -0.489. The molecule has 2 N–H and O–H groups in total. The largest absolute Gasteiger partial charge is 0.492 e. The Bertz CT molecular complexity index is 1110. The lowest BCUT2D eigenvalue weighted by molar-refractivity contribution is 0.103. The van der Waals surface area contributed by atoms with Crippen LogP contribution in [0, 0.1) is 0 Å². The van der Waals surface area contributed by atoms with E-state index in [1.165, 1.54) is 11.3 Å². The molecule has 2 amide bonds. The molecular weight excluding hydrogens is 464 g/mol. The zero-order valence-electron chi connectivity index (χ0n) is 19.7. The topological polar surface area (TPSA) is 83.1 Å². The van der Waals surface area contributed by atoms with Crippen LogP contribution in [0.1, 0.15) is 16.6 Å². The van der Waals surface area contributed by atoms with Crippen LogP contribution in [0.2, 0.25) is 0 Å². The van der Waals surface area contributed by atoms with Crippen molar-refractivity contribution in [2.45, 2.75) is 6.92 Å². The van der Waals surface area contributed by atoms with E-state index >= 15 is 0 Å². The second kappa shape index (κ2) is 12.2. The molecule has 0 saturated carbocycles. The zero-order valence-corrected chi connectivity index (χ0v) is 20.6. The first-order chi connectivity index (χ1) is 17.1. The Balaban J connectivity index is 1.20. The van der Waals surface area contributed by atoms with Crippen LogP contribution in [-0.4, -0.2) is 62.8 Å². The van der Waals surface area contributed by atoms with Crippen molar-refractivity contribution in [3.8, 4) is 5.75 Å². The number of rotatable bonds is 9.